The van der Waals surface area contributed by atoms with Gasteiger partial charge in [-0.05, 0) is 29.5 Å². The Bertz CT molecular complexity index is 675. The molecule has 4 atom stereocenters. The summed E-state index contributed by atoms with van der Waals surface area (Å²) in [6.45, 7) is 7.16. The number of benzene rings is 1. The lowest BCUT2D eigenvalue weighted by atomic mass is 9.97. The monoisotopic (exact) mass is 393 g/mol. The molecule has 0 radical (unpaired) electrons. The van der Waals surface area contributed by atoms with Crippen LogP contribution in [0.5, 0.6) is 5.75 Å². The first kappa shape index (κ1) is 23.4. The number of nitrogens with one attached hydrogen (secondary N) is 2. The number of aromatic hydroxyl groups is 1. The lowest BCUT2D eigenvalue weighted by Crippen LogP contribution is -2.57. The van der Waals surface area contributed by atoms with Gasteiger partial charge in [0.05, 0.1) is 6.04 Å². The predicted octanol–water partition coefficient (Wildman–Crippen LogP) is 1.02. The number of phenolic OH excluding ortho intramolecular Hbond substituents is 1. The summed E-state index contributed by atoms with van der Waals surface area (Å²) in [6, 6.07) is 3.38. The Morgan fingerprint density at radius 3 is 2.07 bits per heavy atom. The van der Waals surface area contributed by atoms with Crippen molar-refractivity contribution in [2.75, 3.05) is 0 Å². The molecule has 0 aliphatic carbocycles. The fourth-order valence-corrected chi connectivity index (χ4v) is 2.58. The van der Waals surface area contributed by atoms with Crippen molar-refractivity contribution in [1.82, 2.24) is 10.6 Å². The first-order chi connectivity index (χ1) is 13.1. The van der Waals surface area contributed by atoms with E-state index in [1.54, 1.807) is 32.9 Å². The van der Waals surface area contributed by atoms with Gasteiger partial charge in [-0.3, -0.25) is 9.59 Å². The quantitative estimate of drug-likeness (QED) is 0.402. The molecule has 0 bridgehead atoms. The molecule has 0 aliphatic rings. The summed E-state index contributed by atoms with van der Waals surface area (Å²) < 4.78 is 0. The normalized spacial score (nSPS) is 15.4. The van der Waals surface area contributed by atoms with E-state index in [-0.39, 0.29) is 24.0 Å². The molecular formula is C20H31N3O5. The minimum Gasteiger partial charge on any atom is -0.508 e. The number of aliphatic carboxylic acids is 1. The van der Waals surface area contributed by atoms with Crippen LogP contribution in [-0.4, -0.2) is 46.1 Å². The summed E-state index contributed by atoms with van der Waals surface area (Å²) in [5.41, 5.74) is 6.57. The Balaban J connectivity index is 3.03. The maximum atomic E-state index is 12.8. The topological polar surface area (TPSA) is 142 Å². The van der Waals surface area contributed by atoms with Gasteiger partial charge in [-0.25, -0.2) is 4.79 Å². The highest BCUT2D eigenvalue weighted by Gasteiger charge is 2.31. The number of hydrogen-bond acceptors (Lipinski definition) is 5. The van der Waals surface area contributed by atoms with Gasteiger partial charge in [0.2, 0.25) is 11.8 Å². The zero-order valence-electron chi connectivity index (χ0n) is 16.8. The van der Waals surface area contributed by atoms with Gasteiger partial charge in [-0.15, -0.1) is 0 Å². The SMILES string of the molecule is CCC(C)C(NC(=O)C(Cc1ccc(O)cc1)NC(=O)C(N)C(C)C)C(=O)O. The molecule has 6 N–H and O–H groups in total. The number of carboxylic acids is 1. The van der Waals surface area contributed by atoms with Gasteiger partial charge in [-0.1, -0.05) is 46.2 Å². The summed E-state index contributed by atoms with van der Waals surface area (Å²) in [7, 11) is 0. The number of phenols is 1. The second-order valence-corrected chi connectivity index (χ2v) is 7.41. The molecule has 4 unspecified atom stereocenters. The average molecular weight is 393 g/mol. The molecular weight excluding hydrogens is 362 g/mol. The Hall–Kier alpha value is -2.61. The number of carbonyl (C=O) groups is 3. The molecule has 156 valence electrons. The summed E-state index contributed by atoms with van der Waals surface area (Å²) >= 11 is 0. The summed E-state index contributed by atoms with van der Waals surface area (Å²) in [6.07, 6.45) is 0.708. The number of hydrogen-bond donors (Lipinski definition) is 5. The molecule has 28 heavy (non-hydrogen) atoms. The van der Waals surface area contributed by atoms with Crippen molar-refractivity contribution in [1.29, 1.82) is 0 Å². The molecule has 2 amide bonds. The van der Waals surface area contributed by atoms with E-state index in [4.69, 9.17) is 5.73 Å². The van der Waals surface area contributed by atoms with Gasteiger partial charge in [0.1, 0.15) is 17.8 Å². The van der Waals surface area contributed by atoms with E-state index in [1.165, 1.54) is 12.1 Å². The summed E-state index contributed by atoms with van der Waals surface area (Å²) in [5.74, 6) is -2.52. The van der Waals surface area contributed by atoms with Crippen LogP contribution in [0.3, 0.4) is 0 Å². The van der Waals surface area contributed by atoms with Crippen LogP contribution >= 0.6 is 0 Å². The van der Waals surface area contributed by atoms with E-state index in [1.807, 2.05) is 6.92 Å². The summed E-state index contributed by atoms with van der Waals surface area (Å²) in [4.78, 5) is 36.7. The third-order valence-electron chi connectivity index (χ3n) is 4.81. The van der Waals surface area contributed by atoms with E-state index in [0.717, 1.165) is 0 Å². The van der Waals surface area contributed by atoms with Crippen molar-refractivity contribution in [2.45, 2.75) is 58.7 Å². The summed E-state index contributed by atoms with van der Waals surface area (Å²) in [5, 5.41) is 24.0. The highest BCUT2D eigenvalue weighted by Crippen LogP contribution is 2.13. The first-order valence-electron chi connectivity index (χ1n) is 9.43. The van der Waals surface area contributed by atoms with Gasteiger partial charge >= 0.3 is 5.97 Å². The lowest BCUT2D eigenvalue weighted by molar-refractivity contribution is -0.143. The zero-order valence-corrected chi connectivity index (χ0v) is 16.8. The van der Waals surface area contributed by atoms with Crippen molar-refractivity contribution in [3.8, 4) is 5.75 Å². The molecule has 8 heteroatoms. The van der Waals surface area contributed by atoms with Gasteiger partial charge in [0, 0.05) is 6.42 Å². The minimum absolute atomic E-state index is 0.0818. The number of carbonyl (C=O) groups excluding carboxylic acids is 2. The van der Waals surface area contributed by atoms with Crippen LogP contribution in [0.4, 0.5) is 0 Å². The average Bonchev–Trinajstić information content (AvgIpc) is 2.65. The largest absolute Gasteiger partial charge is 0.508 e. The molecule has 0 saturated heterocycles. The van der Waals surface area contributed by atoms with Gasteiger partial charge < -0.3 is 26.6 Å². The van der Waals surface area contributed by atoms with Gasteiger partial charge in [0.25, 0.3) is 0 Å². The van der Waals surface area contributed by atoms with Crippen molar-refractivity contribution >= 4 is 17.8 Å². The highest BCUT2D eigenvalue weighted by molar-refractivity contribution is 5.92. The van der Waals surface area contributed by atoms with E-state index >= 15 is 0 Å². The maximum Gasteiger partial charge on any atom is 0.326 e. The third kappa shape index (κ3) is 6.84. The standard InChI is InChI=1S/C20H31N3O5/c1-5-12(4)17(20(27)28)23-18(25)15(22-19(26)16(21)11(2)3)10-13-6-8-14(24)9-7-13/h6-9,11-12,15-17,24H,5,10,21H2,1-4H3,(H,22,26)(H,23,25)(H,27,28). The van der Waals surface area contributed by atoms with E-state index in [9.17, 15) is 24.6 Å². The molecule has 1 rings (SSSR count). The molecule has 0 fully saturated rings. The van der Waals surface area contributed by atoms with Gasteiger partial charge in [-0.2, -0.15) is 0 Å². The molecule has 0 aliphatic heterocycles. The van der Waals surface area contributed by atoms with Crippen molar-refractivity contribution in [2.24, 2.45) is 17.6 Å². The zero-order chi connectivity index (χ0) is 21.4. The third-order valence-corrected chi connectivity index (χ3v) is 4.81. The highest BCUT2D eigenvalue weighted by atomic mass is 16.4. The first-order valence-corrected chi connectivity index (χ1v) is 9.43. The fraction of sp³-hybridized carbons (Fsp3) is 0.550. The second-order valence-electron chi connectivity index (χ2n) is 7.41. The number of carboxylic acid groups (broad SMARTS) is 1. The van der Waals surface area contributed by atoms with Crippen molar-refractivity contribution < 1.29 is 24.6 Å². The number of rotatable bonds is 10. The van der Waals surface area contributed by atoms with Crippen LogP contribution in [0, 0.1) is 11.8 Å². The van der Waals surface area contributed by atoms with Crippen LogP contribution in [0.2, 0.25) is 0 Å². The Labute approximate surface area is 165 Å². The lowest BCUT2D eigenvalue weighted by Gasteiger charge is -2.26. The smallest absolute Gasteiger partial charge is 0.326 e. The van der Waals surface area contributed by atoms with Crippen LogP contribution in [0.1, 0.15) is 39.7 Å². The van der Waals surface area contributed by atoms with E-state index < -0.39 is 35.9 Å². The van der Waals surface area contributed by atoms with Crippen molar-refractivity contribution in [3.63, 3.8) is 0 Å². The van der Waals surface area contributed by atoms with Crippen LogP contribution in [-0.2, 0) is 20.8 Å². The number of amides is 2. The Kier molecular flexibility index (Phi) is 8.91. The van der Waals surface area contributed by atoms with E-state index in [2.05, 4.69) is 10.6 Å². The molecule has 0 aromatic heterocycles. The molecule has 1 aromatic rings. The molecule has 8 nitrogen and oxygen atoms in total. The minimum atomic E-state index is -1.13. The molecule has 1 aromatic carbocycles. The molecule has 0 saturated carbocycles. The Morgan fingerprint density at radius 2 is 1.61 bits per heavy atom. The molecule has 0 spiro atoms. The molecule has 0 heterocycles. The van der Waals surface area contributed by atoms with Crippen LogP contribution < -0.4 is 16.4 Å². The van der Waals surface area contributed by atoms with Crippen LogP contribution in [0.15, 0.2) is 24.3 Å². The van der Waals surface area contributed by atoms with Crippen LogP contribution in [0.25, 0.3) is 0 Å². The fourth-order valence-electron chi connectivity index (χ4n) is 2.58. The van der Waals surface area contributed by atoms with Gasteiger partial charge in [0.15, 0.2) is 0 Å². The predicted molar refractivity (Wildman–Crippen MR) is 106 cm³/mol. The van der Waals surface area contributed by atoms with Crippen molar-refractivity contribution in [3.05, 3.63) is 29.8 Å². The number of nitrogens with two attached hydrogens (primary N) is 1. The van der Waals surface area contributed by atoms with E-state index in [0.29, 0.717) is 12.0 Å². The Morgan fingerprint density at radius 1 is 1.04 bits per heavy atom. The maximum absolute atomic E-state index is 12.8. The second kappa shape index (κ2) is 10.7.